The van der Waals surface area contributed by atoms with Gasteiger partial charge in [-0.3, -0.25) is 9.48 Å². The zero-order chi connectivity index (χ0) is 17.2. The fraction of sp³-hybridized carbons (Fsp3) is 0.300. The van der Waals surface area contributed by atoms with E-state index in [-0.39, 0.29) is 18.6 Å². The summed E-state index contributed by atoms with van der Waals surface area (Å²) >= 11 is 0. The number of nitrogens with zero attached hydrogens (tertiary/aromatic N) is 3. The lowest BCUT2D eigenvalue weighted by atomic mass is 10.1. The summed E-state index contributed by atoms with van der Waals surface area (Å²) in [5.74, 6) is 0.753. The van der Waals surface area contributed by atoms with Crippen molar-refractivity contribution in [1.29, 1.82) is 0 Å². The highest BCUT2D eigenvalue weighted by molar-refractivity contribution is 5.84. The number of carbonyl (C=O) groups excluding carboxylic acids is 1. The van der Waals surface area contributed by atoms with Crippen LogP contribution < -0.4 is 4.74 Å². The van der Waals surface area contributed by atoms with E-state index < -0.39 is 0 Å². The lowest BCUT2D eigenvalue weighted by molar-refractivity contribution is -0.134. The van der Waals surface area contributed by atoms with Crippen molar-refractivity contribution in [2.24, 2.45) is 7.05 Å². The van der Waals surface area contributed by atoms with Crippen LogP contribution in [0.5, 0.6) is 5.75 Å². The van der Waals surface area contributed by atoms with Crippen LogP contribution in [0.15, 0.2) is 54.9 Å². The summed E-state index contributed by atoms with van der Waals surface area (Å²) in [6.07, 6.45) is 5.83. The molecule has 0 bridgehead atoms. The monoisotopic (exact) mass is 335 g/mol. The van der Waals surface area contributed by atoms with Crippen LogP contribution in [0.25, 0.3) is 10.8 Å². The Morgan fingerprint density at radius 2 is 2.08 bits per heavy atom. The van der Waals surface area contributed by atoms with Gasteiger partial charge in [0.15, 0.2) is 6.61 Å². The molecule has 128 valence electrons. The minimum absolute atomic E-state index is 0.0273. The number of benzene rings is 2. The van der Waals surface area contributed by atoms with Crippen LogP contribution in [0, 0.1) is 0 Å². The Kier molecular flexibility index (Phi) is 4.14. The number of aromatic nitrogens is 2. The molecule has 1 saturated heterocycles. The standard InChI is InChI=1S/C20H21N3O2/c1-22-13-17(12-21-22)19-7-4-10-23(19)20(24)14-25-18-9-8-15-5-2-3-6-16(15)11-18/h2-3,5-6,8-9,11-13,19H,4,7,10,14H2,1H3. The summed E-state index contributed by atoms with van der Waals surface area (Å²) in [5.41, 5.74) is 1.10. The molecule has 1 unspecified atom stereocenters. The number of aryl methyl sites for hydroxylation is 1. The molecule has 1 atom stereocenters. The van der Waals surface area contributed by atoms with Gasteiger partial charge in [0.05, 0.1) is 12.2 Å². The molecule has 0 aliphatic carbocycles. The van der Waals surface area contributed by atoms with E-state index >= 15 is 0 Å². The Morgan fingerprint density at radius 3 is 2.88 bits per heavy atom. The minimum Gasteiger partial charge on any atom is -0.484 e. The van der Waals surface area contributed by atoms with Crippen LogP contribution in [0.2, 0.25) is 0 Å². The van der Waals surface area contributed by atoms with Crippen LogP contribution in [0.1, 0.15) is 24.4 Å². The average Bonchev–Trinajstić information content (AvgIpc) is 3.28. The smallest absolute Gasteiger partial charge is 0.261 e. The van der Waals surface area contributed by atoms with Gasteiger partial charge in [0.1, 0.15) is 5.75 Å². The normalized spacial score (nSPS) is 17.2. The second kappa shape index (κ2) is 6.59. The predicted octanol–water partition coefficient (Wildman–Crippen LogP) is 3.32. The van der Waals surface area contributed by atoms with E-state index in [1.807, 2.05) is 60.7 Å². The number of ether oxygens (including phenoxy) is 1. The first-order valence-electron chi connectivity index (χ1n) is 8.60. The minimum atomic E-state index is 0.0273. The van der Waals surface area contributed by atoms with Crippen molar-refractivity contribution in [2.75, 3.05) is 13.2 Å². The van der Waals surface area contributed by atoms with Crippen molar-refractivity contribution in [2.45, 2.75) is 18.9 Å². The van der Waals surface area contributed by atoms with Gasteiger partial charge in [-0.05, 0) is 35.7 Å². The summed E-state index contributed by atoms with van der Waals surface area (Å²) in [6.45, 7) is 0.842. The van der Waals surface area contributed by atoms with E-state index in [0.717, 1.165) is 41.5 Å². The van der Waals surface area contributed by atoms with Crippen molar-refractivity contribution in [1.82, 2.24) is 14.7 Å². The summed E-state index contributed by atoms with van der Waals surface area (Å²) < 4.78 is 7.55. The lowest BCUT2D eigenvalue weighted by Crippen LogP contribution is -2.34. The zero-order valence-electron chi connectivity index (χ0n) is 14.3. The fourth-order valence-electron chi connectivity index (χ4n) is 3.51. The van der Waals surface area contributed by atoms with E-state index in [9.17, 15) is 4.79 Å². The van der Waals surface area contributed by atoms with E-state index in [1.165, 1.54) is 0 Å². The largest absolute Gasteiger partial charge is 0.484 e. The number of likely N-dealkylation sites (tertiary alicyclic amines) is 1. The van der Waals surface area contributed by atoms with Crippen molar-refractivity contribution in [3.8, 4) is 5.75 Å². The highest BCUT2D eigenvalue weighted by Crippen LogP contribution is 2.31. The van der Waals surface area contributed by atoms with E-state index in [1.54, 1.807) is 4.68 Å². The van der Waals surface area contributed by atoms with E-state index in [2.05, 4.69) is 11.2 Å². The summed E-state index contributed by atoms with van der Waals surface area (Å²) in [6, 6.07) is 14.1. The van der Waals surface area contributed by atoms with Crippen LogP contribution in [-0.4, -0.2) is 33.7 Å². The molecule has 1 aromatic heterocycles. The molecule has 2 aromatic carbocycles. The van der Waals surface area contributed by atoms with Crippen LogP contribution >= 0.6 is 0 Å². The number of amides is 1. The molecule has 0 N–H and O–H groups in total. The van der Waals surface area contributed by atoms with Gasteiger partial charge in [0.2, 0.25) is 0 Å². The van der Waals surface area contributed by atoms with Crippen LogP contribution in [0.4, 0.5) is 0 Å². The fourth-order valence-corrected chi connectivity index (χ4v) is 3.51. The Balaban J connectivity index is 1.43. The third-order valence-electron chi connectivity index (χ3n) is 4.77. The summed E-state index contributed by atoms with van der Waals surface area (Å²) in [5, 5.41) is 6.50. The molecule has 1 aliphatic heterocycles. The number of fused-ring (bicyclic) bond motifs is 1. The Labute approximate surface area is 146 Å². The molecule has 4 rings (SSSR count). The van der Waals surface area contributed by atoms with Crippen molar-refractivity contribution in [3.05, 3.63) is 60.4 Å². The quantitative estimate of drug-likeness (QED) is 0.735. The molecule has 1 amide bonds. The van der Waals surface area contributed by atoms with Gasteiger partial charge in [-0.1, -0.05) is 30.3 Å². The number of rotatable bonds is 4. The molecular formula is C20H21N3O2. The molecule has 5 nitrogen and oxygen atoms in total. The van der Waals surface area contributed by atoms with E-state index in [4.69, 9.17) is 4.74 Å². The van der Waals surface area contributed by atoms with Gasteiger partial charge in [-0.2, -0.15) is 5.10 Å². The maximum absolute atomic E-state index is 12.6. The molecule has 3 aromatic rings. The number of hydrogen-bond donors (Lipinski definition) is 0. The molecule has 1 aliphatic rings. The predicted molar refractivity (Wildman–Crippen MR) is 96.3 cm³/mol. The number of carbonyl (C=O) groups is 1. The molecule has 1 fully saturated rings. The van der Waals surface area contributed by atoms with Gasteiger partial charge in [0, 0.05) is 25.4 Å². The van der Waals surface area contributed by atoms with Gasteiger partial charge in [0.25, 0.3) is 5.91 Å². The third-order valence-corrected chi connectivity index (χ3v) is 4.77. The SMILES string of the molecule is Cn1cc(C2CCCN2C(=O)COc2ccc3ccccc3c2)cn1. The van der Waals surface area contributed by atoms with Gasteiger partial charge < -0.3 is 9.64 Å². The first kappa shape index (κ1) is 15.7. The molecule has 0 spiro atoms. The summed E-state index contributed by atoms with van der Waals surface area (Å²) in [7, 11) is 1.90. The summed E-state index contributed by atoms with van der Waals surface area (Å²) in [4.78, 5) is 14.6. The van der Waals surface area contributed by atoms with Crippen molar-refractivity contribution < 1.29 is 9.53 Å². The lowest BCUT2D eigenvalue weighted by Gasteiger charge is -2.24. The first-order valence-corrected chi connectivity index (χ1v) is 8.60. The van der Waals surface area contributed by atoms with Crippen molar-refractivity contribution >= 4 is 16.7 Å². The second-order valence-corrected chi connectivity index (χ2v) is 6.49. The molecule has 2 heterocycles. The average molecular weight is 335 g/mol. The second-order valence-electron chi connectivity index (χ2n) is 6.49. The molecule has 5 heteroatoms. The topological polar surface area (TPSA) is 47.4 Å². The van der Waals surface area contributed by atoms with Gasteiger partial charge >= 0.3 is 0 Å². The van der Waals surface area contributed by atoms with E-state index in [0.29, 0.717) is 0 Å². The van der Waals surface area contributed by atoms with Gasteiger partial charge in [-0.15, -0.1) is 0 Å². The van der Waals surface area contributed by atoms with Crippen LogP contribution in [0.3, 0.4) is 0 Å². The van der Waals surface area contributed by atoms with Gasteiger partial charge in [-0.25, -0.2) is 0 Å². The first-order chi connectivity index (χ1) is 12.2. The van der Waals surface area contributed by atoms with Crippen LogP contribution in [-0.2, 0) is 11.8 Å². The highest BCUT2D eigenvalue weighted by atomic mass is 16.5. The molecule has 0 saturated carbocycles. The molecule has 0 radical (unpaired) electrons. The Hall–Kier alpha value is -2.82. The highest BCUT2D eigenvalue weighted by Gasteiger charge is 2.30. The maximum Gasteiger partial charge on any atom is 0.261 e. The third kappa shape index (κ3) is 3.22. The Bertz CT molecular complexity index is 903. The molecular weight excluding hydrogens is 314 g/mol. The maximum atomic E-state index is 12.6. The molecule has 25 heavy (non-hydrogen) atoms. The zero-order valence-corrected chi connectivity index (χ0v) is 14.3. The Morgan fingerprint density at radius 1 is 1.24 bits per heavy atom. The number of hydrogen-bond acceptors (Lipinski definition) is 3. The van der Waals surface area contributed by atoms with Crippen molar-refractivity contribution in [3.63, 3.8) is 0 Å².